The number of halogens is 1. The Kier molecular flexibility index (Phi) is 4.36. The Bertz CT molecular complexity index is 1160. The predicted octanol–water partition coefficient (Wildman–Crippen LogP) is 3.19. The van der Waals surface area contributed by atoms with Gasteiger partial charge in [0.05, 0.1) is 22.6 Å². The van der Waals surface area contributed by atoms with Crippen LogP contribution in [0.2, 0.25) is 0 Å². The highest BCUT2D eigenvalue weighted by atomic mass is 32.2. The molecule has 0 radical (unpaired) electrons. The fourth-order valence-electron chi connectivity index (χ4n) is 4.55. The van der Waals surface area contributed by atoms with E-state index in [-0.39, 0.29) is 34.1 Å². The molecule has 2 atom stereocenters. The van der Waals surface area contributed by atoms with Crippen LogP contribution in [-0.4, -0.2) is 25.6 Å². The molecule has 28 heavy (non-hydrogen) atoms. The summed E-state index contributed by atoms with van der Waals surface area (Å²) in [5, 5.41) is 19.9. The first kappa shape index (κ1) is 18.8. The van der Waals surface area contributed by atoms with Crippen molar-refractivity contribution in [2.24, 2.45) is 0 Å². The summed E-state index contributed by atoms with van der Waals surface area (Å²) in [5.74, 6) is -1.09. The summed E-state index contributed by atoms with van der Waals surface area (Å²) in [6, 6.07) is 7.57. The number of hydrogen-bond donors (Lipinski definition) is 1. The van der Waals surface area contributed by atoms with Crippen molar-refractivity contribution < 1.29 is 22.7 Å². The Labute approximate surface area is 162 Å². The zero-order valence-electron chi connectivity index (χ0n) is 15.2. The van der Waals surface area contributed by atoms with Gasteiger partial charge in [0.2, 0.25) is 0 Å². The van der Waals surface area contributed by atoms with E-state index in [1.807, 2.05) is 6.07 Å². The highest BCUT2D eigenvalue weighted by molar-refractivity contribution is 7.90. The van der Waals surface area contributed by atoms with Gasteiger partial charge in [-0.05, 0) is 59.7 Å². The summed E-state index contributed by atoms with van der Waals surface area (Å²) in [5.41, 5.74) is 2.82. The number of benzene rings is 2. The second-order valence-electron chi connectivity index (χ2n) is 7.42. The van der Waals surface area contributed by atoms with Gasteiger partial charge >= 0.3 is 0 Å². The highest BCUT2D eigenvalue weighted by Gasteiger charge is 2.36. The van der Waals surface area contributed by atoms with Gasteiger partial charge in [-0.25, -0.2) is 12.8 Å². The lowest BCUT2D eigenvalue weighted by Crippen LogP contribution is -2.19. The minimum atomic E-state index is -3.56. The van der Waals surface area contributed by atoms with Crippen LogP contribution in [0.3, 0.4) is 0 Å². The van der Waals surface area contributed by atoms with Gasteiger partial charge in [0.25, 0.3) is 0 Å². The van der Waals surface area contributed by atoms with E-state index in [1.54, 1.807) is 6.07 Å². The van der Waals surface area contributed by atoms with E-state index >= 15 is 0 Å². The molecular formula is C21H18FNO4S. The summed E-state index contributed by atoms with van der Waals surface area (Å²) < 4.78 is 38.2. The van der Waals surface area contributed by atoms with E-state index in [1.165, 1.54) is 12.1 Å². The Morgan fingerprint density at radius 1 is 1.18 bits per heavy atom. The van der Waals surface area contributed by atoms with E-state index in [0.29, 0.717) is 36.0 Å². The summed E-state index contributed by atoms with van der Waals surface area (Å²) in [6.07, 6.45) is 1.81. The molecule has 2 aliphatic carbocycles. The molecule has 7 heteroatoms. The van der Waals surface area contributed by atoms with E-state index in [9.17, 15) is 28.0 Å². The van der Waals surface area contributed by atoms with Gasteiger partial charge in [0.1, 0.15) is 5.82 Å². The fourth-order valence-corrected chi connectivity index (χ4v) is 5.47. The molecule has 0 aliphatic heterocycles. The zero-order chi connectivity index (χ0) is 20.2. The summed E-state index contributed by atoms with van der Waals surface area (Å²) in [6.45, 7) is 0. The van der Waals surface area contributed by atoms with Crippen LogP contribution in [0, 0.1) is 17.1 Å². The predicted molar refractivity (Wildman–Crippen MR) is 99.4 cm³/mol. The Balaban J connectivity index is 1.98. The van der Waals surface area contributed by atoms with Crippen LogP contribution in [0.4, 0.5) is 4.39 Å². The quantitative estimate of drug-likeness (QED) is 0.837. The minimum Gasteiger partial charge on any atom is -0.388 e. The number of hydrogen-bond acceptors (Lipinski definition) is 5. The monoisotopic (exact) mass is 399 g/mol. The Hall–Kier alpha value is -2.56. The van der Waals surface area contributed by atoms with E-state index in [0.717, 1.165) is 17.9 Å². The number of rotatable bonds is 2. The summed E-state index contributed by atoms with van der Waals surface area (Å²) in [4.78, 5) is 12.5. The van der Waals surface area contributed by atoms with Crippen LogP contribution < -0.4 is 0 Å². The third-order valence-corrected chi connectivity index (χ3v) is 6.84. The van der Waals surface area contributed by atoms with Crippen molar-refractivity contribution in [2.45, 2.75) is 42.6 Å². The SMILES string of the molecule is CS(=O)(=O)c1ccc([C@H]2CC[C@@H](O)c3cc(F)cc(C#N)c32)c2c1C(=O)CC2. The summed E-state index contributed by atoms with van der Waals surface area (Å²) >= 11 is 0. The van der Waals surface area contributed by atoms with Crippen molar-refractivity contribution in [3.8, 4) is 6.07 Å². The van der Waals surface area contributed by atoms with Crippen LogP contribution >= 0.6 is 0 Å². The number of ketones is 1. The second kappa shape index (κ2) is 6.50. The van der Waals surface area contributed by atoms with Crippen molar-refractivity contribution in [1.29, 1.82) is 5.26 Å². The lowest BCUT2D eigenvalue weighted by molar-refractivity contribution is 0.0991. The second-order valence-corrected chi connectivity index (χ2v) is 9.40. The molecule has 144 valence electrons. The molecule has 4 rings (SSSR count). The molecule has 2 aromatic rings. The maximum Gasteiger partial charge on any atom is 0.176 e. The fraction of sp³-hybridized carbons (Fsp3) is 0.333. The lowest BCUT2D eigenvalue weighted by Gasteiger charge is -2.31. The molecule has 0 saturated carbocycles. The molecule has 0 fully saturated rings. The van der Waals surface area contributed by atoms with Gasteiger partial charge in [0, 0.05) is 24.2 Å². The van der Waals surface area contributed by atoms with Crippen molar-refractivity contribution >= 4 is 15.6 Å². The largest absolute Gasteiger partial charge is 0.388 e. The van der Waals surface area contributed by atoms with Crippen molar-refractivity contribution in [3.05, 3.63) is 63.5 Å². The van der Waals surface area contributed by atoms with Gasteiger partial charge in [-0.1, -0.05) is 6.07 Å². The van der Waals surface area contributed by atoms with E-state index < -0.39 is 21.8 Å². The standard InChI is InChI=1S/C21H18FNO4S/c1-28(26,27)19-7-4-13(15-3-6-18(25)21(15)19)14-2-5-17(24)16-9-12(22)8-11(10-23)20(14)16/h4,7-9,14,17,24H,2-3,5-6H2,1H3/t14-,17-/m1/s1. The molecule has 2 aliphatic rings. The van der Waals surface area contributed by atoms with Crippen LogP contribution in [0.15, 0.2) is 29.2 Å². The highest BCUT2D eigenvalue weighted by Crippen LogP contribution is 2.46. The van der Waals surface area contributed by atoms with Crippen LogP contribution in [0.1, 0.15) is 69.5 Å². The lowest BCUT2D eigenvalue weighted by atomic mass is 9.74. The summed E-state index contributed by atoms with van der Waals surface area (Å²) in [7, 11) is -3.56. The van der Waals surface area contributed by atoms with Crippen LogP contribution in [0.25, 0.3) is 0 Å². The van der Waals surface area contributed by atoms with Gasteiger partial charge in [-0.2, -0.15) is 5.26 Å². The first-order chi connectivity index (χ1) is 13.2. The molecule has 0 heterocycles. The zero-order valence-corrected chi connectivity index (χ0v) is 16.0. The molecule has 5 nitrogen and oxygen atoms in total. The third-order valence-electron chi connectivity index (χ3n) is 5.70. The molecule has 2 aromatic carbocycles. The normalized spacial score (nSPS) is 21.1. The number of sulfone groups is 1. The van der Waals surface area contributed by atoms with Crippen molar-refractivity contribution in [1.82, 2.24) is 0 Å². The molecule has 0 amide bonds. The molecular weight excluding hydrogens is 381 g/mol. The number of fused-ring (bicyclic) bond motifs is 2. The maximum absolute atomic E-state index is 13.9. The average molecular weight is 399 g/mol. The molecule has 0 aromatic heterocycles. The number of aliphatic hydroxyl groups excluding tert-OH is 1. The van der Waals surface area contributed by atoms with Gasteiger partial charge < -0.3 is 5.11 Å². The minimum absolute atomic E-state index is 0.0319. The van der Waals surface area contributed by atoms with Crippen molar-refractivity contribution in [2.75, 3.05) is 6.26 Å². The van der Waals surface area contributed by atoms with Crippen LogP contribution in [-0.2, 0) is 16.3 Å². The number of carbonyl (C=O) groups excluding carboxylic acids is 1. The smallest absolute Gasteiger partial charge is 0.176 e. The van der Waals surface area contributed by atoms with Gasteiger partial charge in [-0.15, -0.1) is 0 Å². The number of nitriles is 1. The topological polar surface area (TPSA) is 95.2 Å². The molecule has 0 spiro atoms. The number of Topliss-reactive ketones (excluding diaryl/α,β-unsaturated/α-hetero) is 1. The third kappa shape index (κ3) is 2.84. The van der Waals surface area contributed by atoms with Crippen LogP contribution in [0.5, 0.6) is 0 Å². The Morgan fingerprint density at radius 2 is 1.93 bits per heavy atom. The number of carbonyl (C=O) groups is 1. The number of aliphatic hydroxyl groups is 1. The number of nitrogens with zero attached hydrogens (tertiary/aromatic N) is 1. The van der Waals surface area contributed by atoms with Gasteiger partial charge in [-0.3, -0.25) is 4.79 Å². The molecule has 0 saturated heterocycles. The first-order valence-electron chi connectivity index (χ1n) is 9.03. The van der Waals surface area contributed by atoms with E-state index in [4.69, 9.17) is 0 Å². The average Bonchev–Trinajstić information content (AvgIpc) is 3.02. The van der Waals surface area contributed by atoms with Gasteiger partial charge in [0.15, 0.2) is 15.6 Å². The first-order valence-corrected chi connectivity index (χ1v) is 10.9. The molecule has 0 unspecified atom stereocenters. The molecule has 0 bridgehead atoms. The Morgan fingerprint density at radius 3 is 2.61 bits per heavy atom. The maximum atomic E-state index is 13.9. The van der Waals surface area contributed by atoms with Crippen molar-refractivity contribution in [3.63, 3.8) is 0 Å². The molecule has 1 N–H and O–H groups in total. The van der Waals surface area contributed by atoms with E-state index in [2.05, 4.69) is 0 Å².